The number of aryl methyl sites for hydroxylation is 1. The zero-order valence-corrected chi connectivity index (χ0v) is 16.3. The monoisotopic (exact) mass is 393 g/mol. The van der Waals surface area contributed by atoms with Crippen molar-refractivity contribution >= 4 is 22.2 Å². The van der Waals surface area contributed by atoms with E-state index in [0.717, 1.165) is 42.6 Å². The summed E-state index contributed by atoms with van der Waals surface area (Å²) in [7, 11) is 0. The summed E-state index contributed by atoms with van der Waals surface area (Å²) < 4.78 is 10.8. The Balaban J connectivity index is 1.52. The number of fused-ring (bicyclic) bond motifs is 1. The summed E-state index contributed by atoms with van der Waals surface area (Å²) in [6, 6.07) is 11.2. The highest BCUT2D eigenvalue weighted by molar-refractivity contribution is 7.16. The second kappa shape index (κ2) is 7.87. The number of carbonyl (C=O) groups is 1. The molecule has 0 fully saturated rings. The molecule has 1 amide bonds. The molecule has 0 spiro atoms. The van der Waals surface area contributed by atoms with E-state index in [4.69, 9.17) is 9.26 Å². The lowest BCUT2D eigenvalue weighted by atomic mass is 9.96. The van der Waals surface area contributed by atoms with Crippen molar-refractivity contribution in [2.75, 3.05) is 11.9 Å². The Labute approximate surface area is 166 Å². The second-order valence-corrected chi connectivity index (χ2v) is 7.62. The van der Waals surface area contributed by atoms with Crippen LogP contribution in [0.3, 0.4) is 0 Å². The van der Waals surface area contributed by atoms with Gasteiger partial charge in [-0.05, 0) is 62.4 Å². The van der Waals surface area contributed by atoms with E-state index in [1.165, 1.54) is 16.2 Å². The zero-order chi connectivity index (χ0) is 19.5. The lowest BCUT2D eigenvalue weighted by Gasteiger charge is -2.09. The van der Waals surface area contributed by atoms with Crippen LogP contribution in [0.5, 0.6) is 5.75 Å². The van der Waals surface area contributed by atoms with Crippen LogP contribution in [-0.4, -0.2) is 17.7 Å². The number of rotatable bonds is 5. The molecule has 6 nitrogen and oxygen atoms in total. The predicted molar refractivity (Wildman–Crippen MR) is 107 cm³/mol. The number of nitrogens with zero attached hydrogens (tertiary/aromatic N) is 2. The largest absolute Gasteiger partial charge is 0.494 e. The first-order valence-corrected chi connectivity index (χ1v) is 10.1. The Bertz CT molecular complexity index is 1040. The average molecular weight is 393 g/mol. The fraction of sp³-hybridized carbons (Fsp3) is 0.286. The lowest BCUT2D eigenvalue weighted by molar-refractivity contribution is 0.101. The lowest BCUT2D eigenvalue weighted by Crippen LogP contribution is -2.12. The number of anilines is 1. The smallest absolute Gasteiger partial charge is 0.278 e. The zero-order valence-electron chi connectivity index (χ0n) is 15.4. The number of benzene rings is 1. The van der Waals surface area contributed by atoms with Gasteiger partial charge in [-0.15, -0.1) is 11.3 Å². The Hall–Kier alpha value is -3.11. The molecule has 4 rings (SSSR count). The number of nitrogens with one attached hydrogen (secondary N) is 1. The van der Waals surface area contributed by atoms with Gasteiger partial charge in [-0.1, -0.05) is 5.16 Å². The molecule has 142 valence electrons. The van der Waals surface area contributed by atoms with Crippen LogP contribution in [0.1, 0.15) is 46.3 Å². The molecule has 1 aliphatic carbocycles. The highest BCUT2D eigenvalue weighted by Crippen LogP contribution is 2.37. The second-order valence-electron chi connectivity index (χ2n) is 6.51. The predicted octanol–water partition coefficient (Wildman–Crippen LogP) is 4.80. The van der Waals surface area contributed by atoms with Gasteiger partial charge in [0, 0.05) is 16.5 Å². The Kier molecular flexibility index (Phi) is 5.13. The van der Waals surface area contributed by atoms with E-state index >= 15 is 0 Å². The Morgan fingerprint density at radius 1 is 1.32 bits per heavy atom. The van der Waals surface area contributed by atoms with Crippen molar-refractivity contribution in [1.29, 1.82) is 5.26 Å². The molecule has 0 atom stereocenters. The SMILES string of the molecule is CCOc1ccc(-c2cc(C(=O)Nc3sc4c(c3C#N)CCCC4)no2)cc1. The van der Waals surface area contributed by atoms with E-state index < -0.39 is 0 Å². The molecule has 7 heteroatoms. The van der Waals surface area contributed by atoms with Crippen molar-refractivity contribution < 1.29 is 14.1 Å². The standard InChI is InChI=1S/C21H19N3O3S/c1-2-26-14-9-7-13(8-10-14)18-11-17(24-27-18)20(25)23-21-16(12-22)15-5-3-4-6-19(15)28-21/h7-11H,2-6H2,1H3,(H,23,25). The van der Waals surface area contributed by atoms with Gasteiger partial charge in [0.15, 0.2) is 11.5 Å². The van der Waals surface area contributed by atoms with Crippen molar-refractivity contribution in [3.05, 3.63) is 52.0 Å². The minimum atomic E-state index is -0.379. The van der Waals surface area contributed by atoms with Crippen LogP contribution >= 0.6 is 11.3 Å². The molecule has 1 N–H and O–H groups in total. The van der Waals surface area contributed by atoms with Gasteiger partial charge in [0.05, 0.1) is 12.2 Å². The van der Waals surface area contributed by atoms with Crippen LogP contribution in [-0.2, 0) is 12.8 Å². The van der Waals surface area contributed by atoms with Crippen LogP contribution in [0, 0.1) is 11.3 Å². The van der Waals surface area contributed by atoms with Crippen LogP contribution in [0.25, 0.3) is 11.3 Å². The molecule has 0 aliphatic heterocycles. The number of hydrogen-bond donors (Lipinski definition) is 1. The van der Waals surface area contributed by atoms with Crippen LogP contribution in [0.2, 0.25) is 0 Å². The van der Waals surface area contributed by atoms with Crippen LogP contribution < -0.4 is 10.1 Å². The Morgan fingerprint density at radius 2 is 2.11 bits per heavy atom. The number of amides is 1. The number of carbonyl (C=O) groups excluding carboxylic acids is 1. The van der Waals surface area contributed by atoms with Crippen molar-refractivity contribution in [3.8, 4) is 23.1 Å². The quantitative estimate of drug-likeness (QED) is 0.672. The van der Waals surface area contributed by atoms with Gasteiger partial charge in [-0.2, -0.15) is 5.26 Å². The van der Waals surface area contributed by atoms with Crippen molar-refractivity contribution in [2.45, 2.75) is 32.6 Å². The first kappa shape index (κ1) is 18.3. The number of hydrogen-bond acceptors (Lipinski definition) is 6. The highest BCUT2D eigenvalue weighted by atomic mass is 32.1. The number of thiophene rings is 1. The summed E-state index contributed by atoms with van der Waals surface area (Å²) in [5, 5.41) is 16.9. The van der Waals surface area contributed by atoms with Crippen LogP contribution in [0.4, 0.5) is 5.00 Å². The summed E-state index contributed by atoms with van der Waals surface area (Å²) in [6.07, 6.45) is 4.08. The number of aromatic nitrogens is 1. The van der Waals surface area contributed by atoms with Gasteiger partial charge in [0.2, 0.25) is 0 Å². The van der Waals surface area contributed by atoms with Gasteiger partial charge < -0.3 is 14.6 Å². The summed E-state index contributed by atoms with van der Waals surface area (Å²) >= 11 is 1.49. The first-order chi connectivity index (χ1) is 13.7. The molecule has 0 saturated carbocycles. The molecule has 0 saturated heterocycles. The van der Waals surface area contributed by atoms with Gasteiger partial charge in [0.1, 0.15) is 16.8 Å². The van der Waals surface area contributed by atoms with E-state index in [0.29, 0.717) is 22.9 Å². The maximum absolute atomic E-state index is 12.6. The maximum Gasteiger partial charge on any atom is 0.278 e. The summed E-state index contributed by atoms with van der Waals surface area (Å²) in [6.45, 7) is 2.53. The molecule has 0 radical (unpaired) electrons. The molecule has 1 aromatic carbocycles. The third kappa shape index (κ3) is 3.51. The number of nitriles is 1. The number of ether oxygens (including phenoxy) is 1. The van der Waals surface area contributed by atoms with E-state index in [9.17, 15) is 10.1 Å². The molecular weight excluding hydrogens is 374 g/mol. The molecule has 3 aromatic rings. The average Bonchev–Trinajstić information content (AvgIpc) is 3.33. The van der Waals surface area contributed by atoms with Gasteiger partial charge in [0.25, 0.3) is 5.91 Å². The highest BCUT2D eigenvalue weighted by Gasteiger charge is 2.23. The van der Waals surface area contributed by atoms with Crippen molar-refractivity contribution in [2.24, 2.45) is 0 Å². The third-order valence-electron chi connectivity index (χ3n) is 4.70. The minimum absolute atomic E-state index is 0.180. The fourth-order valence-electron chi connectivity index (χ4n) is 3.34. The van der Waals surface area contributed by atoms with E-state index in [1.54, 1.807) is 6.07 Å². The maximum atomic E-state index is 12.6. The van der Waals surface area contributed by atoms with Crippen LogP contribution in [0.15, 0.2) is 34.9 Å². The van der Waals surface area contributed by atoms with Gasteiger partial charge >= 0.3 is 0 Å². The molecule has 2 heterocycles. The molecule has 2 aromatic heterocycles. The molecule has 0 bridgehead atoms. The molecule has 28 heavy (non-hydrogen) atoms. The molecular formula is C21H19N3O3S. The topological polar surface area (TPSA) is 88.1 Å². The molecule has 0 unspecified atom stereocenters. The van der Waals surface area contributed by atoms with E-state index in [-0.39, 0.29) is 11.6 Å². The Morgan fingerprint density at radius 3 is 2.86 bits per heavy atom. The van der Waals surface area contributed by atoms with Crippen molar-refractivity contribution in [3.63, 3.8) is 0 Å². The van der Waals surface area contributed by atoms with Gasteiger partial charge in [-0.3, -0.25) is 4.79 Å². The first-order valence-electron chi connectivity index (χ1n) is 9.25. The third-order valence-corrected chi connectivity index (χ3v) is 5.91. The van der Waals surface area contributed by atoms with Crippen molar-refractivity contribution in [1.82, 2.24) is 5.16 Å². The minimum Gasteiger partial charge on any atom is -0.494 e. The summed E-state index contributed by atoms with van der Waals surface area (Å²) in [5.74, 6) is 0.893. The normalized spacial score (nSPS) is 12.9. The summed E-state index contributed by atoms with van der Waals surface area (Å²) in [5.41, 5.74) is 2.66. The fourth-order valence-corrected chi connectivity index (χ4v) is 4.57. The van der Waals surface area contributed by atoms with Gasteiger partial charge in [-0.25, -0.2) is 0 Å². The summed E-state index contributed by atoms with van der Waals surface area (Å²) in [4.78, 5) is 13.8. The van der Waals surface area contributed by atoms with E-state index in [1.807, 2.05) is 31.2 Å². The molecule has 1 aliphatic rings. The van der Waals surface area contributed by atoms with E-state index in [2.05, 4.69) is 16.5 Å².